The van der Waals surface area contributed by atoms with Crippen molar-refractivity contribution in [3.63, 3.8) is 0 Å². The van der Waals surface area contributed by atoms with E-state index in [0.717, 1.165) is 16.3 Å². The van der Waals surface area contributed by atoms with Crippen LogP contribution in [0.25, 0.3) is 10.8 Å². The van der Waals surface area contributed by atoms with E-state index in [4.69, 9.17) is 5.73 Å². The number of rotatable bonds is 12. The first kappa shape index (κ1) is 26.8. The Kier molecular flexibility index (Phi) is 10.5. The summed E-state index contributed by atoms with van der Waals surface area (Å²) in [7, 11) is 1.50. The van der Waals surface area contributed by atoms with Crippen molar-refractivity contribution in [2.75, 3.05) is 13.6 Å². The van der Waals surface area contributed by atoms with Crippen molar-refractivity contribution in [3.8, 4) is 0 Å². The van der Waals surface area contributed by atoms with Crippen LogP contribution in [0.5, 0.6) is 0 Å². The summed E-state index contributed by atoms with van der Waals surface area (Å²) >= 11 is 0. The molecule has 1 unspecified atom stereocenters. The normalized spacial score (nSPS) is 13.4. The minimum Gasteiger partial charge on any atom is -0.357 e. The van der Waals surface area contributed by atoms with Crippen LogP contribution in [0.4, 0.5) is 0 Å². The molecule has 3 atom stereocenters. The van der Waals surface area contributed by atoms with Crippen LogP contribution in [-0.4, -0.2) is 55.3 Å². The fraction of sp³-hybridized carbons (Fsp3) is 0.440. The maximum absolute atomic E-state index is 12.6. The van der Waals surface area contributed by atoms with Crippen molar-refractivity contribution in [2.24, 2.45) is 5.73 Å². The number of benzene rings is 2. The molecule has 0 saturated carbocycles. The Morgan fingerprint density at radius 3 is 2.29 bits per heavy atom. The second kappa shape index (κ2) is 13.3. The van der Waals surface area contributed by atoms with Crippen LogP contribution in [-0.2, 0) is 25.6 Å². The zero-order chi connectivity index (χ0) is 25.1. The van der Waals surface area contributed by atoms with Gasteiger partial charge in [0.05, 0.1) is 6.04 Å². The molecule has 0 aliphatic rings. The Balaban J connectivity index is 1.86. The van der Waals surface area contributed by atoms with Crippen LogP contribution < -0.4 is 27.0 Å². The molecule has 2 aromatic carbocycles. The highest BCUT2D eigenvalue weighted by Gasteiger charge is 2.25. The smallest absolute Gasteiger partial charge is 0.242 e. The Morgan fingerprint density at radius 2 is 1.62 bits per heavy atom. The molecule has 2 rings (SSSR count). The molecule has 0 aliphatic carbocycles. The third kappa shape index (κ3) is 8.47. The number of fused-ring (bicyclic) bond motifs is 1. The van der Waals surface area contributed by atoms with Gasteiger partial charge in [-0.2, -0.15) is 0 Å². The van der Waals surface area contributed by atoms with Crippen molar-refractivity contribution < 1.29 is 19.2 Å². The van der Waals surface area contributed by atoms with Crippen LogP contribution in [0.2, 0.25) is 0 Å². The van der Waals surface area contributed by atoms with Gasteiger partial charge < -0.3 is 27.0 Å². The number of nitrogens with one attached hydrogen (secondary N) is 4. The third-order valence-electron chi connectivity index (χ3n) is 5.53. The zero-order valence-corrected chi connectivity index (χ0v) is 20.0. The zero-order valence-electron chi connectivity index (χ0n) is 20.0. The first-order chi connectivity index (χ1) is 16.2. The van der Waals surface area contributed by atoms with Crippen molar-refractivity contribution in [2.45, 2.75) is 57.7 Å². The summed E-state index contributed by atoms with van der Waals surface area (Å²) in [6, 6.07) is 11.4. The van der Waals surface area contributed by atoms with E-state index in [1.807, 2.05) is 42.5 Å². The summed E-state index contributed by atoms with van der Waals surface area (Å²) in [5, 5.41) is 12.7. The number of carbonyl (C=O) groups excluding carboxylic acids is 4. The average molecular weight is 470 g/mol. The molecule has 9 nitrogen and oxygen atoms in total. The molecule has 34 heavy (non-hydrogen) atoms. The third-order valence-corrected chi connectivity index (χ3v) is 5.53. The van der Waals surface area contributed by atoms with E-state index < -0.39 is 29.9 Å². The van der Waals surface area contributed by atoms with Crippen LogP contribution in [0.15, 0.2) is 42.5 Å². The number of hydrogen-bond acceptors (Lipinski definition) is 5. The molecule has 0 spiro atoms. The summed E-state index contributed by atoms with van der Waals surface area (Å²) in [6.45, 7) is 3.50. The summed E-state index contributed by atoms with van der Waals surface area (Å²) < 4.78 is 0. The molecule has 2 aromatic rings. The molecule has 0 heterocycles. The highest BCUT2D eigenvalue weighted by molar-refractivity contribution is 5.93. The Hall–Kier alpha value is -3.46. The van der Waals surface area contributed by atoms with Crippen LogP contribution in [0, 0.1) is 0 Å². The standard InChI is InChI=1S/C25H35N5O4/c1-16(23(32)30-22(25(34)27-3)10-6-7-13-28-17(2)31)29-24(33)21(26)15-18-11-12-19-8-4-5-9-20(19)14-18/h4-5,8-9,11-12,14,16,21-22H,6-7,10,13,15,26H2,1-3H3,(H,27,34)(H,28,31)(H,29,33)(H,30,32)/t16?,21-,22-/m0/s1. The van der Waals surface area contributed by atoms with Gasteiger partial charge in [-0.25, -0.2) is 0 Å². The van der Waals surface area contributed by atoms with Crippen LogP contribution in [0.3, 0.4) is 0 Å². The lowest BCUT2D eigenvalue weighted by molar-refractivity contribution is -0.132. The van der Waals surface area contributed by atoms with Gasteiger partial charge in [0.1, 0.15) is 12.1 Å². The van der Waals surface area contributed by atoms with Gasteiger partial charge in [0.15, 0.2) is 0 Å². The highest BCUT2D eigenvalue weighted by atomic mass is 16.2. The van der Waals surface area contributed by atoms with E-state index in [2.05, 4.69) is 21.3 Å². The minimum absolute atomic E-state index is 0.112. The molecular formula is C25H35N5O4. The number of carbonyl (C=O) groups is 4. The van der Waals surface area contributed by atoms with Crippen LogP contribution in [0.1, 0.15) is 38.7 Å². The largest absolute Gasteiger partial charge is 0.357 e. The average Bonchev–Trinajstić information content (AvgIpc) is 2.81. The summed E-state index contributed by atoms with van der Waals surface area (Å²) in [4.78, 5) is 48.3. The summed E-state index contributed by atoms with van der Waals surface area (Å²) in [6.07, 6.45) is 2.06. The van der Waals surface area contributed by atoms with E-state index in [1.165, 1.54) is 14.0 Å². The predicted molar refractivity (Wildman–Crippen MR) is 132 cm³/mol. The van der Waals surface area contributed by atoms with Gasteiger partial charge in [-0.15, -0.1) is 0 Å². The van der Waals surface area contributed by atoms with E-state index in [9.17, 15) is 19.2 Å². The number of likely N-dealkylation sites (N-methyl/N-ethyl adjacent to an activating group) is 1. The number of amides is 4. The minimum atomic E-state index is -0.860. The fourth-order valence-corrected chi connectivity index (χ4v) is 3.58. The van der Waals surface area contributed by atoms with Crippen molar-refractivity contribution in [1.82, 2.24) is 21.3 Å². The molecule has 0 saturated heterocycles. The first-order valence-electron chi connectivity index (χ1n) is 11.5. The van der Waals surface area contributed by atoms with E-state index in [0.29, 0.717) is 32.2 Å². The van der Waals surface area contributed by atoms with Crippen molar-refractivity contribution >= 4 is 34.4 Å². The van der Waals surface area contributed by atoms with Gasteiger partial charge >= 0.3 is 0 Å². The highest BCUT2D eigenvalue weighted by Crippen LogP contribution is 2.16. The summed E-state index contributed by atoms with van der Waals surface area (Å²) in [5.41, 5.74) is 7.02. The number of nitrogens with two attached hydrogens (primary N) is 1. The molecule has 184 valence electrons. The van der Waals surface area contributed by atoms with Crippen molar-refractivity contribution in [3.05, 3.63) is 48.0 Å². The molecule has 0 aliphatic heterocycles. The Labute approximate surface area is 200 Å². The molecule has 9 heteroatoms. The lowest BCUT2D eigenvalue weighted by Crippen LogP contribution is -2.54. The number of unbranched alkanes of at least 4 members (excludes halogenated alkanes) is 1. The van der Waals surface area contributed by atoms with Crippen LogP contribution >= 0.6 is 0 Å². The molecular weight excluding hydrogens is 434 g/mol. The first-order valence-corrected chi connectivity index (χ1v) is 11.5. The maximum atomic E-state index is 12.6. The predicted octanol–water partition coefficient (Wildman–Crippen LogP) is 0.752. The van der Waals surface area contributed by atoms with E-state index in [1.54, 1.807) is 6.92 Å². The SMILES string of the molecule is CNC(=O)[C@H](CCCCNC(C)=O)NC(=O)C(C)NC(=O)[C@@H](N)Cc1ccc2ccccc2c1. The topological polar surface area (TPSA) is 142 Å². The molecule has 6 N–H and O–H groups in total. The van der Waals surface area contributed by atoms with Gasteiger partial charge in [-0.3, -0.25) is 19.2 Å². The van der Waals surface area contributed by atoms with Gasteiger partial charge in [-0.05, 0) is 48.9 Å². The Bertz CT molecular complexity index is 1010. The molecule has 0 bridgehead atoms. The monoisotopic (exact) mass is 469 g/mol. The van der Waals surface area contributed by atoms with Gasteiger partial charge in [-0.1, -0.05) is 42.5 Å². The lowest BCUT2D eigenvalue weighted by Gasteiger charge is -2.22. The second-order valence-electron chi connectivity index (χ2n) is 8.38. The van der Waals surface area contributed by atoms with E-state index in [-0.39, 0.29) is 11.8 Å². The second-order valence-corrected chi connectivity index (χ2v) is 8.38. The van der Waals surface area contributed by atoms with Gasteiger partial charge in [0, 0.05) is 20.5 Å². The van der Waals surface area contributed by atoms with Crippen molar-refractivity contribution in [1.29, 1.82) is 0 Å². The van der Waals surface area contributed by atoms with E-state index >= 15 is 0 Å². The lowest BCUT2D eigenvalue weighted by atomic mass is 10.0. The maximum Gasteiger partial charge on any atom is 0.242 e. The summed E-state index contributed by atoms with van der Waals surface area (Å²) in [5.74, 6) is -1.34. The fourth-order valence-electron chi connectivity index (χ4n) is 3.58. The number of hydrogen-bond donors (Lipinski definition) is 5. The van der Waals surface area contributed by atoms with Gasteiger partial charge in [0.25, 0.3) is 0 Å². The molecule has 0 radical (unpaired) electrons. The molecule has 0 fully saturated rings. The molecule has 0 aromatic heterocycles. The van der Waals surface area contributed by atoms with Gasteiger partial charge in [0.2, 0.25) is 23.6 Å². The Morgan fingerprint density at radius 1 is 0.912 bits per heavy atom. The quantitative estimate of drug-likeness (QED) is 0.292. The molecule has 4 amide bonds.